The van der Waals surface area contributed by atoms with Gasteiger partial charge >= 0.3 is 6.03 Å². The Bertz CT molecular complexity index is 632. The number of carbonyl (C=O) groups excluding carboxylic acids is 2. The third kappa shape index (κ3) is 2.22. The Hall–Kier alpha value is -1.54. The Morgan fingerprint density at radius 3 is 2.76 bits per heavy atom. The van der Waals surface area contributed by atoms with E-state index in [0.717, 1.165) is 11.0 Å². The van der Waals surface area contributed by atoms with E-state index in [9.17, 15) is 18.4 Å². The van der Waals surface area contributed by atoms with Gasteiger partial charge in [0.25, 0.3) is 5.91 Å². The van der Waals surface area contributed by atoms with Gasteiger partial charge in [0.05, 0.1) is 11.0 Å². The van der Waals surface area contributed by atoms with E-state index in [2.05, 4.69) is 26.6 Å². The number of hydrogen-bond donors (Lipinski definition) is 2. The lowest BCUT2D eigenvalue weighted by Crippen LogP contribution is -2.48. The highest BCUT2D eigenvalue weighted by molar-refractivity contribution is 9.10. The fourth-order valence-electron chi connectivity index (χ4n) is 2.67. The highest BCUT2D eigenvalue weighted by atomic mass is 79.9. The van der Waals surface area contributed by atoms with Crippen LogP contribution in [0.1, 0.15) is 12.0 Å². The normalized spacial score (nSPS) is 25.0. The van der Waals surface area contributed by atoms with Gasteiger partial charge in [-0.3, -0.25) is 9.69 Å². The maximum atomic E-state index is 14.0. The second-order valence-corrected chi connectivity index (χ2v) is 6.01. The van der Waals surface area contributed by atoms with Crippen LogP contribution in [-0.2, 0) is 11.3 Å². The number of rotatable bonds is 2. The lowest BCUT2D eigenvalue weighted by molar-refractivity contribution is -0.131. The first-order chi connectivity index (χ1) is 9.94. The van der Waals surface area contributed by atoms with Crippen LogP contribution in [0, 0.1) is 11.6 Å². The fraction of sp³-hybridized carbons (Fsp3) is 0.385. The molecule has 2 fully saturated rings. The van der Waals surface area contributed by atoms with Gasteiger partial charge in [0.15, 0.2) is 0 Å². The molecular formula is C13H12BrF2N3O2. The molecule has 112 valence electrons. The first kappa shape index (κ1) is 14.4. The molecular weight excluding hydrogens is 348 g/mol. The Kier molecular flexibility index (Phi) is 3.45. The van der Waals surface area contributed by atoms with E-state index in [-0.39, 0.29) is 10.0 Å². The number of imide groups is 1. The summed E-state index contributed by atoms with van der Waals surface area (Å²) in [5.41, 5.74) is -1.29. The summed E-state index contributed by atoms with van der Waals surface area (Å²) in [4.78, 5) is 25.2. The number of hydrogen-bond acceptors (Lipinski definition) is 3. The van der Waals surface area contributed by atoms with Crippen LogP contribution in [0.4, 0.5) is 13.6 Å². The number of urea groups is 1. The van der Waals surface area contributed by atoms with Crippen molar-refractivity contribution >= 4 is 27.9 Å². The van der Waals surface area contributed by atoms with E-state index < -0.39 is 35.7 Å². The van der Waals surface area contributed by atoms with Gasteiger partial charge in [0, 0.05) is 12.1 Å². The maximum Gasteiger partial charge on any atom is 0.325 e. The monoisotopic (exact) mass is 359 g/mol. The van der Waals surface area contributed by atoms with E-state index >= 15 is 0 Å². The van der Waals surface area contributed by atoms with Gasteiger partial charge < -0.3 is 10.6 Å². The highest BCUT2D eigenvalue weighted by Crippen LogP contribution is 2.28. The Labute approximate surface area is 127 Å². The van der Waals surface area contributed by atoms with Crippen molar-refractivity contribution in [3.63, 3.8) is 0 Å². The fourth-order valence-corrected chi connectivity index (χ4v) is 3.04. The van der Waals surface area contributed by atoms with Crippen molar-refractivity contribution in [2.45, 2.75) is 18.5 Å². The van der Waals surface area contributed by atoms with Crippen molar-refractivity contribution in [2.24, 2.45) is 0 Å². The second kappa shape index (κ2) is 5.03. The summed E-state index contributed by atoms with van der Waals surface area (Å²) >= 11 is 2.96. The summed E-state index contributed by atoms with van der Waals surface area (Å²) in [6.45, 7) is 0.514. The minimum Gasteiger partial charge on any atom is -0.322 e. The number of nitrogens with one attached hydrogen (secondary N) is 2. The van der Waals surface area contributed by atoms with Gasteiger partial charge in [-0.2, -0.15) is 0 Å². The summed E-state index contributed by atoms with van der Waals surface area (Å²) in [6, 6.07) is 1.71. The van der Waals surface area contributed by atoms with Crippen LogP contribution in [0.3, 0.4) is 0 Å². The topological polar surface area (TPSA) is 61.4 Å². The Morgan fingerprint density at radius 1 is 1.33 bits per heavy atom. The van der Waals surface area contributed by atoms with E-state index in [1.807, 2.05) is 0 Å². The number of halogens is 3. The average Bonchev–Trinajstić information content (AvgIpc) is 3.00. The Balaban J connectivity index is 1.91. The standard InChI is InChI=1S/C13H12BrF2N3O2/c14-8-1-2-9(15)7(10(8)16)5-19-11(20)13(18-12(19)21)3-4-17-6-13/h1-2,17H,3-6H2,(H,18,21). The molecule has 1 spiro atoms. The van der Waals surface area contributed by atoms with Gasteiger partial charge in [-0.25, -0.2) is 13.6 Å². The molecule has 0 radical (unpaired) electrons. The first-order valence-electron chi connectivity index (χ1n) is 6.42. The van der Waals surface area contributed by atoms with Crippen LogP contribution < -0.4 is 10.6 Å². The average molecular weight is 360 g/mol. The largest absolute Gasteiger partial charge is 0.325 e. The molecule has 0 saturated carbocycles. The summed E-state index contributed by atoms with van der Waals surface area (Å²) in [7, 11) is 0. The van der Waals surface area contributed by atoms with E-state index in [1.54, 1.807) is 0 Å². The van der Waals surface area contributed by atoms with Gasteiger partial charge in [-0.1, -0.05) is 0 Å². The van der Waals surface area contributed by atoms with Gasteiger partial charge in [0.2, 0.25) is 0 Å². The molecule has 8 heteroatoms. The molecule has 2 aliphatic rings. The second-order valence-electron chi connectivity index (χ2n) is 5.15. The summed E-state index contributed by atoms with van der Waals surface area (Å²) < 4.78 is 27.8. The quantitative estimate of drug-likeness (QED) is 0.621. The van der Waals surface area contributed by atoms with Crippen LogP contribution in [0.15, 0.2) is 16.6 Å². The first-order valence-corrected chi connectivity index (χ1v) is 7.21. The molecule has 5 nitrogen and oxygen atoms in total. The molecule has 1 unspecified atom stereocenters. The minimum absolute atomic E-state index is 0.0863. The van der Waals surface area contributed by atoms with Crippen LogP contribution in [0.25, 0.3) is 0 Å². The molecule has 0 aromatic heterocycles. The van der Waals surface area contributed by atoms with Crippen molar-refractivity contribution in [1.29, 1.82) is 0 Å². The van der Waals surface area contributed by atoms with Crippen molar-refractivity contribution in [3.05, 3.63) is 33.8 Å². The zero-order valence-corrected chi connectivity index (χ0v) is 12.5. The van der Waals surface area contributed by atoms with E-state index in [4.69, 9.17) is 0 Å². The third-order valence-electron chi connectivity index (χ3n) is 3.86. The van der Waals surface area contributed by atoms with E-state index in [1.165, 1.54) is 6.07 Å². The number of carbonyl (C=O) groups is 2. The predicted octanol–water partition coefficient (Wildman–Crippen LogP) is 1.51. The molecule has 3 amide bonds. The minimum atomic E-state index is -0.976. The predicted molar refractivity (Wildman–Crippen MR) is 73.4 cm³/mol. The lowest BCUT2D eigenvalue weighted by atomic mass is 9.99. The van der Waals surface area contributed by atoms with Crippen molar-refractivity contribution in [3.8, 4) is 0 Å². The molecule has 2 N–H and O–H groups in total. The molecule has 0 aliphatic carbocycles. The third-order valence-corrected chi connectivity index (χ3v) is 4.47. The molecule has 21 heavy (non-hydrogen) atoms. The summed E-state index contributed by atoms with van der Waals surface area (Å²) in [5, 5.41) is 5.63. The SMILES string of the molecule is O=C1NC2(CCNC2)C(=O)N1Cc1c(F)ccc(Br)c1F. The number of nitrogens with zero attached hydrogens (tertiary/aromatic N) is 1. The van der Waals surface area contributed by atoms with Crippen LogP contribution in [0.2, 0.25) is 0 Å². The number of benzene rings is 1. The van der Waals surface area contributed by atoms with E-state index in [0.29, 0.717) is 19.5 Å². The molecule has 1 aromatic carbocycles. The van der Waals surface area contributed by atoms with Crippen molar-refractivity contribution < 1.29 is 18.4 Å². The zero-order valence-electron chi connectivity index (χ0n) is 10.9. The summed E-state index contributed by atoms with van der Waals surface area (Å²) in [6.07, 6.45) is 0.470. The molecule has 0 bridgehead atoms. The van der Waals surface area contributed by atoms with Gasteiger partial charge in [-0.05, 0) is 41.0 Å². The molecule has 1 aromatic rings. The molecule has 2 aliphatic heterocycles. The van der Waals surface area contributed by atoms with Crippen LogP contribution in [0.5, 0.6) is 0 Å². The van der Waals surface area contributed by atoms with Crippen LogP contribution in [-0.4, -0.2) is 35.5 Å². The highest BCUT2D eigenvalue weighted by Gasteiger charge is 2.52. The van der Waals surface area contributed by atoms with Crippen molar-refractivity contribution in [2.75, 3.05) is 13.1 Å². The van der Waals surface area contributed by atoms with Crippen LogP contribution >= 0.6 is 15.9 Å². The zero-order chi connectivity index (χ0) is 15.2. The summed E-state index contributed by atoms with van der Waals surface area (Å²) in [5.74, 6) is -2.04. The van der Waals surface area contributed by atoms with Gasteiger partial charge in [-0.15, -0.1) is 0 Å². The lowest BCUT2D eigenvalue weighted by Gasteiger charge is -2.19. The molecule has 2 saturated heterocycles. The smallest absolute Gasteiger partial charge is 0.322 e. The molecule has 1 atom stereocenters. The molecule has 2 heterocycles. The van der Waals surface area contributed by atoms with Gasteiger partial charge in [0.1, 0.15) is 17.2 Å². The maximum absolute atomic E-state index is 14.0. The van der Waals surface area contributed by atoms with Crippen molar-refractivity contribution in [1.82, 2.24) is 15.5 Å². The number of amides is 3. The molecule has 3 rings (SSSR count). The Morgan fingerprint density at radius 2 is 2.10 bits per heavy atom.